The van der Waals surface area contributed by atoms with Gasteiger partial charge in [-0.3, -0.25) is 9.59 Å². The Labute approximate surface area is 167 Å². The molecule has 3 nitrogen and oxygen atoms in total. The molecule has 1 saturated heterocycles. The van der Waals surface area contributed by atoms with Crippen LogP contribution in [0.4, 0.5) is 13.2 Å². The largest absolute Gasteiger partial charge is 0.354 e. The van der Waals surface area contributed by atoms with E-state index in [0.717, 1.165) is 12.1 Å². The predicted molar refractivity (Wildman–Crippen MR) is 103 cm³/mol. The van der Waals surface area contributed by atoms with Crippen molar-refractivity contribution in [3.63, 3.8) is 0 Å². The molecular formula is C23H23F3O3. The fourth-order valence-electron chi connectivity index (χ4n) is 3.93. The maximum absolute atomic E-state index is 13.6. The molecule has 3 rings (SSSR count). The van der Waals surface area contributed by atoms with E-state index >= 15 is 0 Å². The van der Waals surface area contributed by atoms with E-state index in [1.165, 1.54) is 0 Å². The molecule has 0 saturated carbocycles. The Balaban J connectivity index is 2.12. The summed E-state index contributed by atoms with van der Waals surface area (Å²) in [5.41, 5.74) is -0.363. The fourth-order valence-corrected chi connectivity index (χ4v) is 3.93. The molecule has 29 heavy (non-hydrogen) atoms. The number of ketones is 2. The highest BCUT2D eigenvalue weighted by Gasteiger charge is 2.53. The van der Waals surface area contributed by atoms with Gasteiger partial charge in [-0.2, -0.15) is 0 Å². The van der Waals surface area contributed by atoms with Gasteiger partial charge in [0.1, 0.15) is 17.1 Å². The van der Waals surface area contributed by atoms with E-state index in [4.69, 9.17) is 4.74 Å². The Morgan fingerprint density at radius 1 is 0.862 bits per heavy atom. The molecule has 0 unspecified atom stereocenters. The first-order chi connectivity index (χ1) is 13.4. The van der Waals surface area contributed by atoms with Crippen molar-refractivity contribution < 1.29 is 27.5 Å². The normalized spacial score (nSPS) is 18.9. The first-order valence-electron chi connectivity index (χ1n) is 9.45. The van der Waals surface area contributed by atoms with E-state index in [0.29, 0.717) is 23.1 Å². The van der Waals surface area contributed by atoms with Crippen molar-refractivity contribution in [2.24, 2.45) is 0 Å². The summed E-state index contributed by atoms with van der Waals surface area (Å²) >= 11 is 0. The number of Topliss-reactive ketones (excluding diaryl/α,β-unsaturated/α-hetero) is 2. The maximum atomic E-state index is 13.6. The summed E-state index contributed by atoms with van der Waals surface area (Å²) in [6, 6.07) is 6.73. The molecule has 6 heteroatoms. The minimum absolute atomic E-state index is 0.174. The monoisotopic (exact) mass is 404 g/mol. The molecule has 2 aromatic carbocycles. The van der Waals surface area contributed by atoms with Gasteiger partial charge in [0.2, 0.25) is 0 Å². The lowest BCUT2D eigenvalue weighted by molar-refractivity contribution is -0.184. The molecule has 0 amide bonds. The van der Waals surface area contributed by atoms with E-state index in [2.05, 4.69) is 0 Å². The zero-order valence-corrected chi connectivity index (χ0v) is 17.0. The second kappa shape index (κ2) is 7.10. The van der Waals surface area contributed by atoms with Crippen LogP contribution in [0.1, 0.15) is 51.7 Å². The molecule has 0 atom stereocenters. The Morgan fingerprint density at radius 3 is 1.86 bits per heavy atom. The summed E-state index contributed by atoms with van der Waals surface area (Å²) in [7, 11) is 0. The summed E-state index contributed by atoms with van der Waals surface area (Å²) in [6.45, 7) is 8.42. The van der Waals surface area contributed by atoms with Gasteiger partial charge in [0.05, 0.1) is 0 Å². The highest BCUT2D eigenvalue weighted by Crippen LogP contribution is 2.40. The SMILES string of the molecule is CCc1cc(-c2cc(F)c(F)c(F)c2)ccc1C1C(=O)C(C)(C)OC(C)(C)C1=O. The molecule has 0 aliphatic carbocycles. The number of rotatable bonds is 3. The van der Waals surface area contributed by atoms with Crippen molar-refractivity contribution in [1.82, 2.24) is 0 Å². The maximum Gasteiger partial charge on any atom is 0.194 e. The quantitative estimate of drug-likeness (QED) is 0.525. The van der Waals surface area contributed by atoms with Gasteiger partial charge in [0.25, 0.3) is 0 Å². The molecule has 0 radical (unpaired) electrons. The summed E-state index contributed by atoms with van der Waals surface area (Å²) in [5, 5.41) is 0. The zero-order valence-electron chi connectivity index (χ0n) is 17.0. The second-order valence-electron chi connectivity index (χ2n) is 8.31. The molecule has 0 aromatic heterocycles. The van der Waals surface area contributed by atoms with Gasteiger partial charge >= 0.3 is 0 Å². The van der Waals surface area contributed by atoms with Gasteiger partial charge in [-0.05, 0) is 68.5 Å². The lowest BCUT2D eigenvalue weighted by Gasteiger charge is -2.43. The number of carbonyl (C=O) groups is 2. The lowest BCUT2D eigenvalue weighted by Crippen LogP contribution is -2.58. The molecular weight excluding hydrogens is 381 g/mol. The topological polar surface area (TPSA) is 43.4 Å². The Kier molecular flexibility index (Phi) is 5.20. The van der Waals surface area contributed by atoms with E-state index < -0.39 is 34.6 Å². The van der Waals surface area contributed by atoms with Gasteiger partial charge in [0.15, 0.2) is 29.0 Å². The summed E-state index contributed by atoms with van der Waals surface area (Å²) < 4.78 is 46.3. The minimum atomic E-state index is -1.52. The van der Waals surface area contributed by atoms with Crippen molar-refractivity contribution in [2.45, 2.75) is 58.2 Å². The second-order valence-corrected chi connectivity index (χ2v) is 8.31. The number of hydrogen-bond acceptors (Lipinski definition) is 3. The van der Waals surface area contributed by atoms with Gasteiger partial charge in [-0.25, -0.2) is 13.2 Å². The van der Waals surface area contributed by atoms with Crippen molar-refractivity contribution >= 4 is 11.6 Å². The molecule has 0 N–H and O–H groups in total. The van der Waals surface area contributed by atoms with Crippen LogP contribution in [0.3, 0.4) is 0 Å². The van der Waals surface area contributed by atoms with E-state index in [1.54, 1.807) is 45.9 Å². The van der Waals surface area contributed by atoms with Gasteiger partial charge in [-0.15, -0.1) is 0 Å². The molecule has 0 spiro atoms. The molecule has 1 heterocycles. The number of benzene rings is 2. The first kappa shape index (κ1) is 21.2. The van der Waals surface area contributed by atoms with E-state index in [-0.39, 0.29) is 17.1 Å². The smallest absolute Gasteiger partial charge is 0.194 e. The van der Waals surface area contributed by atoms with Crippen LogP contribution in [-0.2, 0) is 20.7 Å². The summed E-state index contributed by atoms with van der Waals surface area (Å²) in [4.78, 5) is 26.0. The van der Waals surface area contributed by atoms with Gasteiger partial charge < -0.3 is 4.74 Å². The lowest BCUT2D eigenvalue weighted by atomic mass is 9.73. The van der Waals surface area contributed by atoms with E-state index in [9.17, 15) is 22.8 Å². The Hall–Kier alpha value is -2.47. The number of halogens is 3. The van der Waals surface area contributed by atoms with Crippen LogP contribution in [0.2, 0.25) is 0 Å². The number of ether oxygens (including phenoxy) is 1. The van der Waals surface area contributed by atoms with Crippen molar-refractivity contribution in [3.8, 4) is 11.1 Å². The highest BCUT2D eigenvalue weighted by molar-refractivity contribution is 6.15. The van der Waals surface area contributed by atoms with Crippen LogP contribution in [0, 0.1) is 17.5 Å². The van der Waals surface area contributed by atoms with Gasteiger partial charge in [0, 0.05) is 0 Å². The van der Waals surface area contributed by atoms with Crippen molar-refractivity contribution in [3.05, 3.63) is 58.9 Å². The standard InChI is InChI=1S/C23H23F3O3/c1-6-12-9-13(14-10-16(24)19(26)17(25)11-14)7-8-15(12)18-20(27)22(2,3)29-23(4,5)21(18)28/h7-11,18H,6H2,1-5H3. The first-order valence-corrected chi connectivity index (χ1v) is 9.45. The molecule has 2 aromatic rings. The third-order valence-electron chi connectivity index (χ3n) is 5.37. The minimum Gasteiger partial charge on any atom is -0.354 e. The molecule has 154 valence electrons. The van der Waals surface area contributed by atoms with Crippen molar-refractivity contribution in [1.29, 1.82) is 0 Å². The van der Waals surface area contributed by atoms with Crippen LogP contribution in [0.25, 0.3) is 11.1 Å². The van der Waals surface area contributed by atoms with Gasteiger partial charge in [-0.1, -0.05) is 25.1 Å². The number of hydrogen-bond donors (Lipinski definition) is 0. The molecule has 1 aliphatic rings. The summed E-state index contributed by atoms with van der Waals surface area (Å²) in [6.07, 6.45) is 0.494. The van der Waals surface area contributed by atoms with E-state index in [1.807, 2.05) is 6.92 Å². The Bertz CT molecular complexity index is 959. The molecule has 0 bridgehead atoms. The Morgan fingerprint density at radius 2 is 1.38 bits per heavy atom. The average molecular weight is 404 g/mol. The van der Waals surface area contributed by atoms with Crippen LogP contribution in [0.15, 0.2) is 30.3 Å². The number of aryl methyl sites for hydroxylation is 1. The van der Waals surface area contributed by atoms with Crippen LogP contribution >= 0.6 is 0 Å². The average Bonchev–Trinajstić information content (AvgIpc) is 2.64. The van der Waals surface area contributed by atoms with Crippen LogP contribution in [0.5, 0.6) is 0 Å². The molecule has 1 fully saturated rings. The van der Waals surface area contributed by atoms with Crippen molar-refractivity contribution in [2.75, 3.05) is 0 Å². The molecule has 1 aliphatic heterocycles. The third kappa shape index (κ3) is 3.62. The fraction of sp³-hybridized carbons (Fsp3) is 0.391. The number of carbonyl (C=O) groups excluding carboxylic acids is 2. The highest BCUT2D eigenvalue weighted by atomic mass is 19.2. The predicted octanol–water partition coefficient (Wildman–Crippen LogP) is 5.14. The third-order valence-corrected chi connectivity index (χ3v) is 5.37. The summed E-state index contributed by atoms with van der Waals surface area (Å²) in [5.74, 6) is -5.73. The van der Waals surface area contributed by atoms with Crippen LogP contribution in [-0.4, -0.2) is 22.8 Å². The zero-order chi connectivity index (χ0) is 21.7. The van der Waals surface area contributed by atoms with Crippen LogP contribution < -0.4 is 0 Å².